The van der Waals surface area contributed by atoms with Crippen molar-refractivity contribution in [2.24, 2.45) is 0 Å². The maximum absolute atomic E-state index is 12.8. The molecule has 132 valence electrons. The number of carbonyl (C=O) groups excluding carboxylic acids is 1. The number of thioether (sulfide) groups is 1. The normalized spacial score (nSPS) is 20.2. The quantitative estimate of drug-likeness (QED) is 0.764. The van der Waals surface area contributed by atoms with Crippen LogP contribution in [0.5, 0.6) is 0 Å². The lowest BCUT2D eigenvalue weighted by atomic mass is 9.92. The van der Waals surface area contributed by atoms with Gasteiger partial charge in [-0.3, -0.25) is 9.69 Å². The molecule has 2 aliphatic heterocycles. The lowest BCUT2D eigenvalue weighted by Gasteiger charge is -2.42. The number of thiophene rings is 1. The molecular weight excluding hydrogens is 362 g/mol. The lowest BCUT2D eigenvalue weighted by molar-refractivity contribution is -0.129. The van der Waals surface area contributed by atoms with E-state index >= 15 is 0 Å². The highest BCUT2D eigenvalue weighted by molar-refractivity contribution is 8.03. The van der Waals surface area contributed by atoms with Gasteiger partial charge in [0.25, 0.3) is 0 Å². The molecule has 1 atom stereocenters. The molecule has 1 unspecified atom stereocenters. The minimum Gasteiger partial charge on any atom is -0.344 e. The molecule has 0 spiro atoms. The molecule has 1 fully saturated rings. The summed E-state index contributed by atoms with van der Waals surface area (Å²) >= 11 is 3.20. The second-order valence-electron chi connectivity index (χ2n) is 6.65. The zero-order valence-electron chi connectivity index (χ0n) is 14.7. The average molecular weight is 382 g/mol. The van der Waals surface area contributed by atoms with E-state index < -0.39 is 0 Å². The fourth-order valence-electron chi connectivity index (χ4n) is 3.38. The third-order valence-electron chi connectivity index (χ3n) is 5.04. The van der Waals surface area contributed by atoms with Gasteiger partial charge >= 0.3 is 0 Å². The molecule has 1 aromatic heterocycles. The number of aryl methyl sites for hydroxylation is 2. The Kier molecular flexibility index (Phi) is 4.51. The van der Waals surface area contributed by atoms with Crippen LogP contribution in [0.1, 0.15) is 28.3 Å². The number of hydrogen-bond acceptors (Lipinski definition) is 5. The minimum absolute atomic E-state index is 0.0958. The van der Waals surface area contributed by atoms with Crippen LogP contribution in [0.3, 0.4) is 0 Å². The predicted octanol–water partition coefficient (Wildman–Crippen LogP) is 4.58. The molecular formula is C20H19N3OS2. The molecule has 1 aromatic carbocycles. The minimum atomic E-state index is -0.0978. The number of nitriles is 1. The topological polar surface area (TPSA) is 47.3 Å². The van der Waals surface area contributed by atoms with Gasteiger partial charge in [0.05, 0.1) is 29.2 Å². The number of hydrogen-bond donors (Lipinski definition) is 0. The number of benzene rings is 1. The van der Waals surface area contributed by atoms with E-state index in [-0.39, 0.29) is 11.8 Å². The van der Waals surface area contributed by atoms with Gasteiger partial charge < -0.3 is 4.90 Å². The molecule has 0 radical (unpaired) electrons. The zero-order chi connectivity index (χ0) is 18.3. The largest absolute Gasteiger partial charge is 0.344 e. The highest BCUT2D eigenvalue weighted by atomic mass is 32.2. The van der Waals surface area contributed by atoms with Crippen molar-refractivity contribution in [2.75, 3.05) is 17.4 Å². The standard InChI is InChI=1S/C20H19N3OS2/c1-13-5-6-15(8-14(13)2)22-11-23-19(24)9-16(18-4-3-7-25-18)17(10-21)20(23)26-12-22/h3-8,16H,9,11-12H2,1-2H3. The van der Waals surface area contributed by atoms with Crippen LogP contribution in [0.4, 0.5) is 5.69 Å². The molecule has 1 amide bonds. The Bertz CT molecular complexity index is 927. The Hall–Kier alpha value is -2.23. The first-order chi connectivity index (χ1) is 12.6. The summed E-state index contributed by atoms with van der Waals surface area (Å²) in [5.41, 5.74) is 4.36. The first-order valence-corrected chi connectivity index (χ1v) is 10.4. The third-order valence-corrected chi connectivity index (χ3v) is 7.18. The number of allylic oxidation sites excluding steroid dienone is 1. The van der Waals surface area contributed by atoms with E-state index in [4.69, 9.17) is 0 Å². The van der Waals surface area contributed by atoms with Crippen molar-refractivity contribution >= 4 is 34.7 Å². The number of nitrogens with zero attached hydrogens (tertiary/aromatic N) is 3. The van der Waals surface area contributed by atoms with Crippen molar-refractivity contribution in [1.29, 1.82) is 5.26 Å². The van der Waals surface area contributed by atoms with E-state index in [1.807, 2.05) is 17.5 Å². The van der Waals surface area contributed by atoms with E-state index in [2.05, 4.69) is 43.0 Å². The van der Waals surface area contributed by atoms with Crippen LogP contribution in [-0.4, -0.2) is 23.4 Å². The van der Waals surface area contributed by atoms with E-state index in [1.54, 1.807) is 28.0 Å². The average Bonchev–Trinajstić information content (AvgIpc) is 3.18. The first kappa shape index (κ1) is 17.2. The van der Waals surface area contributed by atoms with E-state index in [0.717, 1.165) is 27.0 Å². The second-order valence-corrected chi connectivity index (χ2v) is 8.56. The highest BCUT2D eigenvalue weighted by Gasteiger charge is 2.38. The summed E-state index contributed by atoms with van der Waals surface area (Å²) in [5, 5.41) is 12.6. The highest BCUT2D eigenvalue weighted by Crippen LogP contribution is 2.44. The fourth-order valence-corrected chi connectivity index (χ4v) is 5.39. The van der Waals surface area contributed by atoms with Crippen molar-refractivity contribution in [3.63, 3.8) is 0 Å². The summed E-state index contributed by atoms with van der Waals surface area (Å²) in [7, 11) is 0. The van der Waals surface area contributed by atoms with Gasteiger partial charge in [0.1, 0.15) is 0 Å². The van der Waals surface area contributed by atoms with Crippen LogP contribution in [0.25, 0.3) is 0 Å². The van der Waals surface area contributed by atoms with Crippen LogP contribution in [0.15, 0.2) is 46.3 Å². The number of amides is 1. The maximum Gasteiger partial charge on any atom is 0.229 e. The Morgan fingerprint density at radius 1 is 1.23 bits per heavy atom. The third kappa shape index (κ3) is 2.91. The lowest BCUT2D eigenvalue weighted by Crippen LogP contribution is -2.47. The summed E-state index contributed by atoms with van der Waals surface area (Å²) in [5.74, 6) is 0.738. The molecule has 0 saturated carbocycles. The zero-order valence-corrected chi connectivity index (χ0v) is 16.4. The Morgan fingerprint density at radius 3 is 2.77 bits per heavy atom. The molecule has 1 saturated heterocycles. The van der Waals surface area contributed by atoms with E-state index in [9.17, 15) is 10.1 Å². The van der Waals surface area contributed by atoms with Crippen molar-refractivity contribution < 1.29 is 4.79 Å². The smallest absolute Gasteiger partial charge is 0.229 e. The SMILES string of the molecule is Cc1ccc(N2CSC3=C(C#N)C(c4cccs4)CC(=O)N3C2)cc1C. The molecule has 4 nitrogen and oxygen atoms in total. The van der Waals surface area contributed by atoms with Crippen LogP contribution in [0, 0.1) is 25.2 Å². The van der Waals surface area contributed by atoms with Crippen molar-refractivity contribution in [3.05, 3.63) is 62.3 Å². The summed E-state index contributed by atoms with van der Waals surface area (Å²) in [6.45, 7) is 4.71. The van der Waals surface area contributed by atoms with Crippen LogP contribution in [0.2, 0.25) is 0 Å². The number of fused-ring (bicyclic) bond motifs is 1. The van der Waals surface area contributed by atoms with Gasteiger partial charge in [0.2, 0.25) is 5.91 Å². The number of carbonyl (C=O) groups is 1. The van der Waals surface area contributed by atoms with Crippen molar-refractivity contribution in [2.45, 2.75) is 26.2 Å². The molecule has 2 aromatic rings. The Balaban J connectivity index is 1.66. The van der Waals surface area contributed by atoms with Gasteiger partial charge in [-0.1, -0.05) is 23.9 Å². The van der Waals surface area contributed by atoms with Gasteiger partial charge in [-0.15, -0.1) is 11.3 Å². The Labute approximate surface area is 161 Å². The fraction of sp³-hybridized carbons (Fsp3) is 0.300. The van der Waals surface area contributed by atoms with Gasteiger partial charge in [0, 0.05) is 22.9 Å². The number of rotatable bonds is 2. The molecule has 3 heterocycles. The van der Waals surface area contributed by atoms with E-state index in [0.29, 0.717) is 13.1 Å². The van der Waals surface area contributed by atoms with Crippen molar-refractivity contribution in [1.82, 2.24) is 4.90 Å². The van der Waals surface area contributed by atoms with Crippen LogP contribution >= 0.6 is 23.1 Å². The molecule has 0 bridgehead atoms. The summed E-state index contributed by atoms with van der Waals surface area (Å²) in [4.78, 5) is 17.9. The molecule has 6 heteroatoms. The first-order valence-electron chi connectivity index (χ1n) is 8.51. The molecule has 0 aliphatic carbocycles. The van der Waals surface area contributed by atoms with E-state index in [1.165, 1.54) is 11.1 Å². The monoisotopic (exact) mass is 381 g/mol. The molecule has 0 N–H and O–H groups in total. The van der Waals surface area contributed by atoms with Gasteiger partial charge in [-0.05, 0) is 48.6 Å². The predicted molar refractivity (Wildman–Crippen MR) is 107 cm³/mol. The number of anilines is 1. The Morgan fingerprint density at radius 2 is 2.08 bits per heavy atom. The maximum atomic E-state index is 12.8. The summed E-state index contributed by atoms with van der Waals surface area (Å²) in [6.07, 6.45) is 0.369. The van der Waals surface area contributed by atoms with Crippen LogP contribution in [-0.2, 0) is 4.79 Å². The second kappa shape index (κ2) is 6.82. The van der Waals surface area contributed by atoms with Gasteiger partial charge in [-0.2, -0.15) is 5.26 Å². The van der Waals surface area contributed by atoms with Crippen LogP contribution < -0.4 is 4.90 Å². The summed E-state index contributed by atoms with van der Waals surface area (Å²) in [6, 6.07) is 12.8. The van der Waals surface area contributed by atoms with Gasteiger partial charge in [-0.25, -0.2) is 0 Å². The molecule has 4 rings (SSSR count). The summed E-state index contributed by atoms with van der Waals surface area (Å²) < 4.78 is 0. The molecule has 26 heavy (non-hydrogen) atoms. The van der Waals surface area contributed by atoms with Crippen molar-refractivity contribution in [3.8, 4) is 6.07 Å². The molecule has 2 aliphatic rings. The van der Waals surface area contributed by atoms with Gasteiger partial charge in [0.15, 0.2) is 0 Å².